The zero-order chi connectivity index (χ0) is 15.5. The lowest BCUT2D eigenvalue weighted by Crippen LogP contribution is -2.11. The van der Waals surface area contributed by atoms with Gasteiger partial charge in [-0.2, -0.15) is 0 Å². The topological polar surface area (TPSA) is 69.6 Å². The maximum atomic E-state index is 13.2. The molecule has 112 valence electrons. The lowest BCUT2D eigenvalue weighted by molar-refractivity contribution is 0.507. The minimum atomic E-state index is -0.872. The molecule has 0 radical (unpaired) electrons. The molecule has 0 aliphatic rings. The summed E-state index contributed by atoms with van der Waals surface area (Å²) in [6.45, 7) is 0. The van der Waals surface area contributed by atoms with Gasteiger partial charge in [-0.25, -0.2) is 13.5 Å². The van der Waals surface area contributed by atoms with Crippen molar-refractivity contribution in [3.63, 3.8) is 0 Å². The van der Waals surface area contributed by atoms with E-state index in [2.05, 4.69) is 15.2 Å². The van der Waals surface area contributed by atoms with Crippen LogP contribution in [0.25, 0.3) is 11.4 Å². The molecule has 0 saturated heterocycles. The lowest BCUT2D eigenvalue weighted by atomic mass is 10.2. The number of hydrogen-bond acceptors (Lipinski definition) is 5. The third-order valence-corrected chi connectivity index (χ3v) is 3.95. The molecule has 5 nitrogen and oxygen atoms in total. The second-order valence-corrected chi connectivity index (χ2v) is 5.40. The minimum Gasteiger partial charge on any atom is -0.335 e. The van der Waals surface area contributed by atoms with Crippen molar-refractivity contribution in [3.8, 4) is 11.4 Å². The number of thioether (sulfide) groups is 1. The molecule has 2 aromatic heterocycles. The van der Waals surface area contributed by atoms with Crippen LogP contribution in [0, 0.1) is 11.6 Å². The quantitative estimate of drug-likeness (QED) is 0.591. The highest BCUT2D eigenvalue weighted by Gasteiger charge is 2.12. The van der Waals surface area contributed by atoms with Crippen LogP contribution in [0.1, 0.15) is 5.56 Å². The standard InChI is InChI=1S/C14H11F2N5S/c15-11-4-3-9(6-12(11)16)8-22-14-20-19-13(21(14)17)10-2-1-5-18-7-10/h1-7H,8,17H2. The zero-order valence-electron chi connectivity index (χ0n) is 11.3. The van der Waals surface area contributed by atoms with Crippen LogP contribution < -0.4 is 5.84 Å². The first-order chi connectivity index (χ1) is 10.6. The van der Waals surface area contributed by atoms with Crippen LogP contribution in [-0.2, 0) is 5.75 Å². The van der Waals surface area contributed by atoms with Gasteiger partial charge >= 0.3 is 0 Å². The fourth-order valence-electron chi connectivity index (χ4n) is 1.84. The van der Waals surface area contributed by atoms with Crippen molar-refractivity contribution < 1.29 is 8.78 Å². The molecule has 3 aromatic rings. The Labute approximate surface area is 129 Å². The summed E-state index contributed by atoms with van der Waals surface area (Å²) >= 11 is 1.29. The van der Waals surface area contributed by atoms with Crippen LogP contribution in [0.4, 0.5) is 8.78 Å². The van der Waals surface area contributed by atoms with Crippen LogP contribution >= 0.6 is 11.8 Å². The van der Waals surface area contributed by atoms with E-state index in [4.69, 9.17) is 5.84 Å². The van der Waals surface area contributed by atoms with Crippen LogP contribution in [0.3, 0.4) is 0 Å². The Morgan fingerprint density at radius 1 is 1.14 bits per heavy atom. The smallest absolute Gasteiger partial charge is 0.210 e. The van der Waals surface area contributed by atoms with Crippen molar-refractivity contribution in [1.82, 2.24) is 19.9 Å². The Kier molecular flexibility index (Phi) is 4.01. The largest absolute Gasteiger partial charge is 0.335 e. The summed E-state index contributed by atoms with van der Waals surface area (Å²) in [6.07, 6.45) is 3.29. The predicted molar refractivity (Wildman–Crippen MR) is 79.3 cm³/mol. The lowest BCUT2D eigenvalue weighted by Gasteiger charge is -2.04. The Bertz CT molecular complexity index is 791. The normalized spacial score (nSPS) is 10.8. The highest BCUT2D eigenvalue weighted by molar-refractivity contribution is 7.98. The number of aromatic nitrogens is 4. The average molecular weight is 319 g/mol. The Hall–Kier alpha value is -2.48. The summed E-state index contributed by atoms with van der Waals surface area (Å²) in [5, 5.41) is 8.50. The number of rotatable bonds is 4. The molecule has 0 amide bonds. The summed E-state index contributed by atoms with van der Waals surface area (Å²) in [5.74, 6) is 5.11. The van der Waals surface area contributed by atoms with E-state index >= 15 is 0 Å². The molecule has 0 bridgehead atoms. The second kappa shape index (κ2) is 6.10. The van der Waals surface area contributed by atoms with E-state index in [1.807, 2.05) is 6.07 Å². The Morgan fingerprint density at radius 3 is 2.73 bits per heavy atom. The van der Waals surface area contributed by atoms with Crippen LogP contribution in [0.2, 0.25) is 0 Å². The van der Waals surface area contributed by atoms with Crippen molar-refractivity contribution >= 4 is 11.8 Å². The van der Waals surface area contributed by atoms with Gasteiger partial charge in [-0.15, -0.1) is 10.2 Å². The first-order valence-electron chi connectivity index (χ1n) is 6.33. The number of halogens is 2. The number of nitrogen functional groups attached to an aromatic ring is 1. The van der Waals surface area contributed by atoms with E-state index < -0.39 is 11.6 Å². The van der Waals surface area contributed by atoms with Gasteiger partial charge in [0.1, 0.15) is 0 Å². The summed E-state index contributed by atoms with van der Waals surface area (Å²) in [7, 11) is 0. The molecule has 2 N–H and O–H groups in total. The Balaban J connectivity index is 1.76. The van der Waals surface area contributed by atoms with Gasteiger partial charge < -0.3 is 5.84 Å². The van der Waals surface area contributed by atoms with Crippen molar-refractivity contribution in [2.75, 3.05) is 5.84 Å². The maximum absolute atomic E-state index is 13.2. The van der Waals surface area contributed by atoms with E-state index in [9.17, 15) is 8.78 Å². The van der Waals surface area contributed by atoms with E-state index in [1.54, 1.807) is 18.5 Å². The van der Waals surface area contributed by atoms with Gasteiger partial charge in [0.25, 0.3) is 0 Å². The molecule has 0 aliphatic heterocycles. The number of nitrogens with two attached hydrogens (primary N) is 1. The van der Waals surface area contributed by atoms with E-state index in [0.29, 0.717) is 22.3 Å². The highest BCUT2D eigenvalue weighted by Crippen LogP contribution is 2.24. The van der Waals surface area contributed by atoms with Crippen molar-refractivity contribution in [1.29, 1.82) is 0 Å². The molecule has 0 atom stereocenters. The van der Waals surface area contributed by atoms with E-state index in [0.717, 1.165) is 17.7 Å². The number of pyridine rings is 1. The molecule has 2 heterocycles. The summed E-state index contributed by atoms with van der Waals surface area (Å²) in [4.78, 5) is 4.00. The van der Waals surface area contributed by atoms with Gasteiger partial charge in [0.2, 0.25) is 5.16 Å². The van der Waals surface area contributed by atoms with Crippen LogP contribution in [-0.4, -0.2) is 19.9 Å². The molecule has 22 heavy (non-hydrogen) atoms. The predicted octanol–water partition coefficient (Wildman–Crippen LogP) is 2.62. The maximum Gasteiger partial charge on any atom is 0.210 e. The SMILES string of the molecule is Nn1c(SCc2ccc(F)c(F)c2)nnc1-c1cccnc1. The molecule has 0 unspecified atom stereocenters. The number of benzene rings is 1. The molecule has 8 heteroatoms. The fraction of sp³-hybridized carbons (Fsp3) is 0.0714. The van der Waals surface area contributed by atoms with Gasteiger partial charge in [-0.3, -0.25) is 4.98 Å². The van der Waals surface area contributed by atoms with E-state index in [1.165, 1.54) is 22.5 Å². The number of hydrogen-bond donors (Lipinski definition) is 1. The minimum absolute atomic E-state index is 0.402. The summed E-state index contributed by atoms with van der Waals surface area (Å²) in [5.41, 5.74) is 1.38. The molecule has 0 fully saturated rings. The molecule has 3 rings (SSSR count). The first kappa shape index (κ1) is 14.5. The third-order valence-electron chi connectivity index (χ3n) is 2.94. The highest BCUT2D eigenvalue weighted by atomic mass is 32.2. The monoisotopic (exact) mass is 319 g/mol. The Morgan fingerprint density at radius 2 is 2.00 bits per heavy atom. The van der Waals surface area contributed by atoms with Gasteiger partial charge in [0.05, 0.1) is 0 Å². The molecular formula is C14H11F2N5S. The van der Waals surface area contributed by atoms with Gasteiger partial charge in [0, 0.05) is 23.7 Å². The molecule has 1 aromatic carbocycles. The van der Waals surface area contributed by atoms with Crippen molar-refractivity contribution in [2.45, 2.75) is 10.9 Å². The second-order valence-electron chi connectivity index (χ2n) is 4.46. The zero-order valence-corrected chi connectivity index (χ0v) is 12.1. The third kappa shape index (κ3) is 2.91. The van der Waals surface area contributed by atoms with Gasteiger partial charge in [0.15, 0.2) is 17.5 Å². The van der Waals surface area contributed by atoms with E-state index in [-0.39, 0.29) is 0 Å². The summed E-state index contributed by atoms with van der Waals surface area (Å²) in [6, 6.07) is 7.37. The molecular weight excluding hydrogens is 308 g/mol. The molecule has 0 aliphatic carbocycles. The van der Waals surface area contributed by atoms with Crippen molar-refractivity contribution in [3.05, 3.63) is 59.9 Å². The van der Waals surface area contributed by atoms with Crippen LogP contribution in [0.5, 0.6) is 0 Å². The average Bonchev–Trinajstić information content (AvgIpc) is 2.90. The van der Waals surface area contributed by atoms with Gasteiger partial charge in [-0.1, -0.05) is 17.8 Å². The van der Waals surface area contributed by atoms with Crippen molar-refractivity contribution in [2.24, 2.45) is 0 Å². The summed E-state index contributed by atoms with van der Waals surface area (Å²) < 4.78 is 27.4. The first-order valence-corrected chi connectivity index (χ1v) is 7.31. The van der Waals surface area contributed by atoms with Crippen LogP contribution in [0.15, 0.2) is 47.9 Å². The molecule has 0 spiro atoms. The number of nitrogens with zero attached hydrogens (tertiary/aromatic N) is 4. The molecule has 0 saturated carbocycles. The van der Waals surface area contributed by atoms with Gasteiger partial charge in [-0.05, 0) is 29.8 Å². The fourth-order valence-corrected chi connectivity index (χ4v) is 2.64.